The van der Waals surface area contributed by atoms with Gasteiger partial charge in [-0.25, -0.2) is 13.4 Å². The van der Waals surface area contributed by atoms with Crippen LogP contribution in [0.5, 0.6) is 0 Å². The smallest absolute Gasteiger partial charge is 0.187 e. The first-order valence-corrected chi connectivity index (χ1v) is 11.8. The lowest BCUT2D eigenvalue weighted by molar-refractivity contribution is 0.0988. The van der Waals surface area contributed by atoms with Crippen LogP contribution in [0.4, 0.5) is 0 Å². The van der Waals surface area contributed by atoms with Gasteiger partial charge in [-0.1, -0.05) is 41.9 Å². The molecule has 4 rings (SSSR count). The first-order valence-electron chi connectivity index (χ1n) is 9.54. The molecule has 0 aliphatic rings. The van der Waals surface area contributed by atoms with Gasteiger partial charge in [0.1, 0.15) is 11.5 Å². The fourth-order valence-electron chi connectivity index (χ4n) is 3.24. The summed E-state index contributed by atoms with van der Waals surface area (Å²) in [6, 6.07) is 23.2. The van der Waals surface area contributed by atoms with Crippen molar-refractivity contribution in [3.8, 4) is 17.1 Å². The van der Waals surface area contributed by atoms with Crippen molar-refractivity contribution < 1.29 is 13.2 Å². The fraction of sp³-hybridized carbons (Fsp3) is 0.0833. The molecule has 31 heavy (non-hydrogen) atoms. The SMILES string of the molecule is CS(=O)(=O)c1ccc(-n2cc(C(=O)Cc3ccccc3)nc2-c2ccc(Cl)cc2)cc1. The van der Waals surface area contributed by atoms with Crippen molar-refractivity contribution in [2.24, 2.45) is 0 Å². The number of carbonyl (C=O) groups excluding carboxylic acids is 1. The molecule has 0 atom stereocenters. The number of hydrogen-bond acceptors (Lipinski definition) is 4. The molecule has 5 nitrogen and oxygen atoms in total. The molecule has 0 unspecified atom stereocenters. The number of ketones is 1. The second kappa shape index (κ2) is 8.49. The van der Waals surface area contributed by atoms with Crippen LogP contribution in [0.3, 0.4) is 0 Å². The second-order valence-corrected chi connectivity index (χ2v) is 9.63. The van der Waals surface area contributed by atoms with Crippen LogP contribution in [0.2, 0.25) is 5.02 Å². The molecule has 0 aliphatic carbocycles. The molecule has 0 amide bonds. The van der Waals surface area contributed by atoms with E-state index in [1.165, 1.54) is 6.26 Å². The summed E-state index contributed by atoms with van der Waals surface area (Å²) in [7, 11) is -3.31. The molecular weight excluding hydrogens is 432 g/mol. The minimum absolute atomic E-state index is 0.104. The molecule has 0 saturated carbocycles. The number of carbonyl (C=O) groups is 1. The Morgan fingerprint density at radius 3 is 2.19 bits per heavy atom. The zero-order chi connectivity index (χ0) is 22.0. The first-order chi connectivity index (χ1) is 14.8. The number of halogens is 1. The van der Waals surface area contributed by atoms with E-state index in [9.17, 15) is 13.2 Å². The summed E-state index contributed by atoms with van der Waals surface area (Å²) >= 11 is 6.02. The van der Waals surface area contributed by atoms with Gasteiger partial charge in [-0.2, -0.15) is 0 Å². The van der Waals surface area contributed by atoms with Crippen molar-refractivity contribution in [1.29, 1.82) is 0 Å². The molecule has 156 valence electrons. The topological polar surface area (TPSA) is 69.0 Å². The summed E-state index contributed by atoms with van der Waals surface area (Å²) in [5.74, 6) is 0.466. The molecule has 0 spiro atoms. The molecule has 7 heteroatoms. The third-order valence-electron chi connectivity index (χ3n) is 4.84. The lowest BCUT2D eigenvalue weighted by atomic mass is 10.1. The van der Waals surface area contributed by atoms with Crippen molar-refractivity contribution in [1.82, 2.24) is 9.55 Å². The Balaban J connectivity index is 1.77. The molecule has 0 aliphatic heterocycles. The maximum Gasteiger partial charge on any atom is 0.187 e. The number of aromatic nitrogens is 2. The Morgan fingerprint density at radius 1 is 0.935 bits per heavy atom. The van der Waals surface area contributed by atoms with Crippen LogP contribution in [0.15, 0.2) is 90.0 Å². The zero-order valence-electron chi connectivity index (χ0n) is 16.7. The minimum atomic E-state index is -3.31. The van der Waals surface area contributed by atoms with Crippen LogP contribution < -0.4 is 0 Å². The number of rotatable bonds is 6. The van der Waals surface area contributed by atoms with Crippen molar-refractivity contribution in [3.63, 3.8) is 0 Å². The standard InChI is InChI=1S/C24H19ClN2O3S/c1-31(29,30)21-13-11-20(12-14-21)27-16-22(23(28)15-17-5-3-2-4-6-17)26-24(27)18-7-9-19(25)10-8-18/h2-14,16H,15H2,1H3. The van der Waals surface area contributed by atoms with E-state index in [4.69, 9.17) is 11.6 Å². The normalized spacial score (nSPS) is 11.4. The van der Waals surface area contributed by atoms with Crippen LogP contribution in [-0.2, 0) is 16.3 Å². The summed E-state index contributed by atoms with van der Waals surface area (Å²) in [6.45, 7) is 0. The van der Waals surface area contributed by atoms with E-state index in [2.05, 4.69) is 4.98 Å². The lowest BCUT2D eigenvalue weighted by Gasteiger charge is -2.09. The van der Waals surface area contributed by atoms with E-state index in [-0.39, 0.29) is 17.1 Å². The molecular formula is C24H19ClN2O3S. The number of sulfone groups is 1. The maximum absolute atomic E-state index is 12.9. The van der Waals surface area contributed by atoms with Gasteiger partial charge in [0.05, 0.1) is 4.90 Å². The molecule has 1 heterocycles. The third kappa shape index (κ3) is 4.76. The van der Waals surface area contributed by atoms with Gasteiger partial charge in [0.2, 0.25) is 0 Å². The van der Waals surface area contributed by atoms with Gasteiger partial charge in [-0.05, 0) is 54.1 Å². The predicted octanol–water partition coefficient (Wildman–Crippen LogP) is 5.02. The minimum Gasteiger partial charge on any atom is -0.299 e. The molecule has 0 radical (unpaired) electrons. The number of hydrogen-bond donors (Lipinski definition) is 0. The fourth-order valence-corrected chi connectivity index (χ4v) is 4.00. The largest absolute Gasteiger partial charge is 0.299 e. The van der Waals surface area contributed by atoms with E-state index < -0.39 is 9.84 Å². The van der Waals surface area contributed by atoms with Gasteiger partial charge in [0, 0.05) is 35.1 Å². The Bertz CT molecular complexity index is 1330. The molecule has 0 fully saturated rings. The van der Waals surface area contributed by atoms with Crippen molar-refractivity contribution >= 4 is 27.2 Å². The Labute approximate surface area is 185 Å². The van der Waals surface area contributed by atoms with Gasteiger partial charge in [0.15, 0.2) is 15.6 Å². The highest BCUT2D eigenvalue weighted by atomic mass is 35.5. The summed E-state index contributed by atoms with van der Waals surface area (Å²) in [5, 5.41) is 0.597. The Hall–Kier alpha value is -3.22. The van der Waals surface area contributed by atoms with Crippen molar-refractivity contribution in [2.75, 3.05) is 6.26 Å². The van der Waals surface area contributed by atoms with Crippen LogP contribution in [0.25, 0.3) is 17.1 Å². The summed E-state index contributed by atoms with van der Waals surface area (Å²) in [6.07, 6.45) is 3.09. The average Bonchev–Trinajstić information content (AvgIpc) is 3.20. The van der Waals surface area contributed by atoms with Gasteiger partial charge in [-0.15, -0.1) is 0 Å². The Morgan fingerprint density at radius 2 is 1.58 bits per heavy atom. The van der Waals surface area contributed by atoms with Crippen LogP contribution in [0, 0.1) is 0 Å². The second-order valence-electron chi connectivity index (χ2n) is 7.18. The van der Waals surface area contributed by atoms with Crippen LogP contribution in [0.1, 0.15) is 16.1 Å². The highest BCUT2D eigenvalue weighted by molar-refractivity contribution is 7.90. The summed E-state index contributed by atoms with van der Waals surface area (Å²) in [5.41, 5.74) is 2.73. The highest BCUT2D eigenvalue weighted by Gasteiger charge is 2.18. The van der Waals surface area contributed by atoms with E-state index >= 15 is 0 Å². The summed E-state index contributed by atoms with van der Waals surface area (Å²) in [4.78, 5) is 17.7. The average molecular weight is 451 g/mol. The van der Waals surface area contributed by atoms with Crippen molar-refractivity contribution in [3.05, 3.63) is 101 Å². The molecule has 0 bridgehead atoms. The maximum atomic E-state index is 12.9. The summed E-state index contributed by atoms with van der Waals surface area (Å²) < 4.78 is 25.4. The quantitative estimate of drug-likeness (QED) is 0.387. The van der Waals surface area contributed by atoms with Gasteiger partial charge in [0.25, 0.3) is 0 Å². The predicted molar refractivity (Wildman–Crippen MR) is 122 cm³/mol. The highest BCUT2D eigenvalue weighted by Crippen LogP contribution is 2.26. The lowest BCUT2D eigenvalue weighted by Crippen LogP contribution is -2.03. The molecule has 3 aromatic carbocycles. The van der Waals surface area contributed by atoms with Crippen LogP contribution >= 0.6 is 11.6 Å². The number of benzene rings is 3. The third-order valence-corrected chi connectivity index (χ3v) is 6.23. The first kappa shape index (κ1) is 21.0. The zero-order valence-corrected chi connectivity index (χ0v) is 18.3. The van der Waals surface area contributed by atoms with E-state index in [0.717, 1.165) is 11.1 Å². The van der Waals surface area contributed by atoms with Gasteiger partial charge < -0.3 is 0 Å². The molecule has 0 N–H and O–H groups in total. The van der Waals surface area contributed by atoms with Gasteiger partial charge in [-0.3, -0.25) is 9.36 Å². The molecule has 1 aromatic heterocycles. The number of imidazole rings is 1. The molecule has 0 saturated heterocycles. The molecule has 4 aromatic rings. The van der Waals surface area contributed by atoms with Crippen molar-refractivity contribution in [2.45, 2.75) is 11.3 Å². The van der Waals surface area contributed by atoms with E-state index in [1.54, 1.807) is 47.2 Å². The number of nitrogens with zero attached hydrogens (tertiary/aromatic N) is 2. The monoisotopic (exact) mass is 450 g/mol. The van der Waals surface area contributed by atoms with Gasteiger partial charge >= 0.3 is 0 Å². The van der Waals surface area contributed by atoms with E-state index in [0.29, 0.717) is 22.2 Å². The van der Waals surface area contributed by atoms with Crippen LogP contribution in [-0.4, -0.2) is 30.0 Å². The number of Topliss-reactive ketones (excluding diaryl/α,β-unsaturated/α-hetero) is 1. The van der Waals surface area contributed by atoms with E-state index in [1.807, 2.05) is 42.5 Å². The Kier molecular flexibility index (Phi) is 5.76.